The van der Waals surface area contributed by atoms with Crippen molar-refractivity contribution in [3.05, 3.63) is 52.3 Å². The lowest BCUT2D eigenvalue weighted by Crippen LogP contribution is -2.25. The van der Waals surface area contributed by atoms with Crippen molar-refractivity contribution >= 4 is 33.2 Å². The summed E-state index contributed by atoms with van der Waals surface area (Å²) in [6.07, 6.45) is 4.06. The van der Waals surface area contributed by atoms with Gasteiger partial charge >= 0.3 is 0 Å². The summed E-state index contributed by atoms with van der Waals surface area (Å²) in [5.74, 6) is -0.414. The predicted molar refractivity (Wildman–Crippen MR) is 79.7 cm³/mol. The van der Waals surface area contributed by atoms with Crippen LogP contribution in [0.3, 0.4) is 0 Å². The van der Waals surface area contributed by atoms with Crippen LogP contribution in [-0.2, 0) is 6.42 Å². The largest absolute Gasteiger partial charge is 0.380 e. The molecule has 1 atom stereocenters. The van der Waals surface area contributed by atoms with Crippen molar-refractivity contribution in [2.45, 2.75) is 12.5 Å². The second-order valence-electron chi connectivity index (χ2n) is 3.76. The van der Waals surface area contributed by atoms with Gasteiger partial charge in [-0.05, 0) is 34.0 Å². The molecule has 2 rings (SSSR count). The van der Waals surface area contributed by atoms with Gasteiger partial charge in [0.25, 0.3) is 0 Å². The molecule has 1 aliphatic heterocycles. The predicted octanol–water partition coefficient (Wildman–Crippen LogP) is 3.90. The van der Waals surface area contributed by atoms with E-state index in [1.165, 1.54) is 6.07 Å². The minimum atomic E-state index is -0.414. The van der Waals surface area contributed by atoms with Crippen molar-refractivity contribution in [2.75, 3.05) is 11.9 Å². The Morgan fingerprint density at radius 2 is 2.17 bits per heavy atom. The van der Waals surface area contributed by atoms with Crippen LogP contribution in [0.1, 0.15) is 5.56 Å². The fraction of sp³-hybridized carbons (Fsp3) is 0.231. The van der Waals surface area contributed by atoms with Gasteiger partial charge in [0.2, 0.25) is 0 Å². The number of allylic oxidation sites excluding steroid dienone is 2. The van der Waals surface area contributed by atoms with Crippen molar-refractivity contribution in [1.29, 1.82) is 0 Å². The summed E-state index contributed by atoms with van der Waals surface area (Å²) in [6.45, 7) is 7.25. The van der Waals surface area contributed by atoms with Gasteiger partial charge in [-0.15, -0.1) is 0 Å². The molecule has 0 bridgehead atoms. The van der Waals surface area contributed by atoms with E-state index in [-0.39, 0.29) is 11.1 Å². The first-order valence-corrected chi connectivity index (χ1v) is 6.58. The van der Waals surface area contributed by atoms with E-state index in [2.05, 4.69) is 34.4 Å². The SMILES string of the molecule is C=CC=C.NCC1Cc2c(cc(F)c(Cl)c2Br)N1. The molecule has 0 amide bonds. The maximum absolute atomic E-state index is 13.2. The van der Waals surface area contributed by atoms with Crippen LogP contribution < -0.4 is 11.1 Å². The number of hydrogen-bond donors (Lipinski definition) is 2. The fourth-order valence-electron chi connectivity index (χ4n) is 1.62. The van der Waals surface area contributed by atoms with Gasteiger partial charge in [0.1, 0.15) is 5.82 Å². The van der Waals surface area contributed by atoms with Crippen LogP contribution >= 0.6 is 27.5 Å². The molecule has 2 nitrogen and oxygen atoms in total. The Bertz CT molecular complexity index is 457. The van der Waals surface area contributed by atoms with Gasteiger partial charge in [-0.3, -0.25) is 0 Å². The minimum absolute atomic E-state index is 0.142. The number of anilines is 1. The zero-order chi connectivity index (χ0) is 13.7. The van der Waals surface area contributed by atoms with Gasteiger partial charge < -0.3 is 11.1 Å². The summed E-state index contributed by atoms with van der Waals surface area (Å²) in [5, 5.41) is 3.28. The summed E-state index contributed by atoms with van der Waals surface area (Å²) < 4.78 is 13.9. The molecule has 1 aliphatic rings. The van der Waals surface area contributed by atoms with Crippen LogP contribution in [0.25, 0.3) is 0 Å². The Labute approximate surface area is 120 Å². The highest BCUT2D eigenvalue weighted by atomic mass is 79.9. The summed E-state index contributed by atoms with van der Waals surface area (Å²) in [4.78, 5) is 0. The molecule has 1 aromatic rings. The number of halogens is 3. The van der Waals surface area contributed by atoms with Crippen LogP contribution in [-0.4, -0.2) is 12.6 Å². The topological polar surface area (TPSA) is 38.0 Å². The number of benzene rings is 1. The van der Waals surface area contributed by atoms with Crippen LogP contribution in [0.5, 0.6) is 0 Å². The third kappa shape index (κ3) is 3.34. The molecule has 1 unspecified atom stereocenters. The van der Waals surface area contributed by atoms with Crippen LogP contribution in [0, 0.1) is 5.82 Å². The average Bonchev–Trinajstić information content (AvgIpc) is 2.79. The smallest absolute Gasteiger partial charge is 0.145 e. The first-order chi connectivity index (χ1) is 8.54. The van der Waals surface area contributed by atoms with E-state index in [0.717, 1.165) is 17.7 Å². The van der Waals surface area contributed by atoms with Crippen molar-refractivity contribution < 1.29 is 4.39 Å². The highest BCUT2D eigenvalue weighted by Crippen LogP contribution is 2.38. The molecule has 1 heterocycles. The zero-order valence-electron chi connectivity index (χ0n) is 9.85. The second kappa shape index (κ2) is 6.92. The van der Waals surface area contributed by atoms with Crippen molar-refractivity contribution in [2.24, 2.45) is 5.73 Å². The standard InChI is InChI=1S/C9H9BrClFN2.C4H6/c10-8-5-1-4(3-13)14-7(5)2-6(12)9(8)11;1-3-4-2/h2,4,14H,1,3,13H2;3-4H,1-2H2. The Morgan fingerprint density at radius 1 is 1.56 bits per heavy atom. The summed E-state index contributed by atoms with van der Waals surface area (Å²) >= 11 is 9.06. The van der Waals surface area contributed by atoms with Gasteiger partial charge in [0, 0.05) is 22.7 Å². The highest BCUT2D eigenvalue weighted by Gasteiger charge is 2.24. The maximum atomic E-state index is 13.2. The van der Waals surface area contributed by atoms with Gasteiger partial charge in [-0.2, -0.15) is 0 Å². The zero-order valence-corrected chi connectivity index (χ0v) is 12.2. The molecule has 0 aromatic heterocycles. The quantitative estimate of drug-likeness (QED) is 0.636. The van der Waals surface area contributed by atoms with Crippen LogP contribution in [0.4, 0.5) is 10.1 Å². The second-order valence-corrected chi connectivity index (χ2v) is 4.94. The summed E-state index contributed by atoms with van der Waals surface area (Å²) in [6, 6.07) is 1.59. The fourth-order valence-corrected chi connectivity index (χ4v) is 2.35. The first-order valence-electron chi connectivity index (χ1n) is 5.41. The number of nitrogens with one attached hydrogen (secondary N) is 1. The van der Waals surface area contributed by atoms with E-state index in [4.69, 9.17) is 17.3 Å². The van der Waals surface area contributed by atoms with E-state index in [9.17, 15) is 4.39 Å². The summed E-state index contributed by atoms with van der Waals surface area (Å²) in [7, 11) is 0. The number of fused-ring (bicyclic) bond motifs is 1. The summed E-state index contributed by atoms with van der Waals surface area (Å²) in [5.41, 5.74) is 7.33. The van der Waals surface area contributed by atoms with E-state index in [1.54, 1.807) is 12.2 Å². The molecule has 0 spiro atoms. The molecule has 0 aliphatic carbocycles. The molecular weight excluding hydrogens is 319 g/mol. The van der Waals surface area contributed by atoms with Gasteiger partial charge in [0.15, 0.2) is 0 Å². The van der Waals surface area contributed by atoms with Gasteiger partial charge in [0.05, 0.1) is 5.02 Å². The molecule has 3 N–H and O–H groups in total. The van der Waals surface area contributed by atoms with E-state index in [0.29, 0.717) is 11.0 Å². The van der Waals surface area contributed by atoms with Gasteiger partial charge in [-0.25, -0.2) is 4.39 Å². The maximum Gasteiger partial charge on any atom is 0.145 e. The van der Waals surface area contributed by atoms with Crippen molar-refractivity contribution in [1.82, 2.24) is 0 Å². The lowest BCUT2D eigenvalue weighted by atomic mass is 10.1. The first kappa shape index (κ1) is 15.2. The molecule has 0 radical (unpaired) electrons. The Balaban J connectivity index is 0.000000357. The molecule has 0 saturated heterocycles. The molecule has 0 fully saturated rings. The van der Waals surface area contributed by atoms with Crippen LogP contribution in [0.15, 0.2) is 35.8 Å². The number of nitrogens with two attached hydrogens (primary N) is 1. The monoisotopic (exact) mass is 332 g/mol. The molecule has 98 valence electrons. The average molecular weight is 334 g/mol. The van der Waals surface area contributed by atoms with Crippen molar-refractivity contribution in [3.8, 4) is 0 Å². The highest BCUT2D eigenvalue weighted by molar-refractivity contribution is 9.10. The molecule has 1 aromatic carbocycles. The van der Waals surface area contributed by atoms with Gasteiger partial charge in [-0.1, -0.05) is 36.9 Å². The van der Waals surface area contributed by atoms with E-state index >= 15 is 0 Å². The Hall–Kier alpha value is -0.840. The minimum Gasteiger partial charge on any atom is -0.380 e. The number of rotatable bonds is 2. The van der Waals surface area contributed by atoms with E-state index < -0.39 is 5.82 Å². The molecule has 0 saturated carbocycles. The van der Waals surface area contributed by atoms with Crippen LogP contribution in [0.2, 0.25) is 5.02 Å². The molecule has 18 heavy (non-hydrogen) atoms. The third-order valence-corrected chi connectivity index (χ3v) is 4.00. The van der Waals surface area contributed by atoms with E-state index in [1.807, 2.05) is 0 Å². The van der Waals surface area contributed by atoms with Crippen molar-refractivity contribution in [3.63, 3.8) is 0 Å². The normalized spacial score (nSPS) is 16.1. The Morgan fingerprint density at radius 3 is 2.67 bits per heavy atom. The Kier molecular flexibility index (Phi) is 5.85. The number of hydrogen-bond acceptors (Lipinski definition) is 2. The third-order valence-electron chi connectivity index (χ3n) is 2.52. The molecule has 5 heteroatoms. The molecular formula is C13H15BrClFN2. The lowest BCUT2D eigenvalue weighted by Gasteiger charge is -2.06. The lowest BCUT2D eigenvalue weighted by molar-refractivity contribution is 0.627.